The maximum atomic E-state index is 12.9. The maximum absolute atomic E-state index is 12.9. The lowest BCUT2D eigenvalue weighted by atomic mass is 10.0. The van der Waals surface area contributed by atoms with E-state index in [4.69, 9.17) is 4.74 Å². The van der Waals surface area contributed by atoms with E-state index < -0.39 is 18.2 Å². The number of ether oxygens (including phenoxy) is 1. The number of rotatable bonds is 43. The minimum absolute atomic E-state index is 0.0901. The van der Waals surface area contributed by atoms with Gasteiger partial charge in [-0.15, -0.1) is 0 Å². The molecule has 0 aliphatic heterocycles. The topological polar surface area (TPSA) is 112 Å². The van der Waals surface area contributed by atoms with Gasteiger partial charge in [-0.2, -0.15) is 0 Å². The molecule has 0 unspecified atom stereocenters. The highest BCUT2D eigenvalue weighted by molar-refractivity contribution is 5.76. The van der Waals surface area contributed by atoms with Gasteiger partial charge in [0, 0.05) is 13.0 Å². The molecule has 0 aromatic carbocycles. The summed E-state index contributed by atoms with van der Waals surface area (Å²) in [6, 6.07) is -0.670. The Balaban J connectivity index is 4.53. The molecular weight excluding hydrogens is 673 g/mol. The van der Waals surface area contributed by atoms with E-state index in [-0.39, 0.29) is 12.5 Å². The Hall–Kier alpha value is -1.64. The second-order valence-electron chi connectivity index (χ2n) is 15.8. The first-order chi connectivity index (χ1) is 26.6. The molecule has 0 fully saturated rings. The highest BCUT2D eigenvalue weighted by Gasteiger charge is 2.24. The number of aliphatic hydroxyl groups excluding tert-OH is 1. The molecule has 2 amide bonds. The van der Waals surface area contributed by atoms with Gasteiger partial charge in [0.2, 0.25) is 5.91 Å². The summed E-state index contributed by atoms with van der Waals surface area (Å²) in [5, 5.41) is 23.0. The summed E-state index contributed by atoms with van der Waals surface area (Å²) >= 11 is 0. The van der Waals surface area contributed by atoms with Crippen LogP contribution in [0.1, 0.15) is 220 Å². The molecule has 0 heterocycles. The van der Waals surface area contributed by atoms with Gasteiger partial charge in [0.05, 0.1) is 12.6 Å². The molecule has 0 saturated heterocycles. The fourth-order valence-corrected chi connectivity index (χ4v) is 6.85. The molecule has 0 radical (unpaired) electrons. The van der Waals surface area contributed by atoms with E-state index in [1.54, 1.807) is 0 Å². The minimum atomic E-state index is -0.720. The van der Waals surface area contributed by atoms with Crippen LogP contribution in [0.25, 0.3) is 0 Å². The number of carbonyl (C=O) groups excluding carboxylic acids is 2. The Bertz CT molecular complexity index is 812. The van der Waals surface area contributed by atoms with Gasteiger partial charge in [-0.1, -0.05) is 175 Å². The molecule has 8 heteroatoms. The third-order valence-electron chi connectivity index (χ3n) is 10.5. The Morgan fingerprint density at radius 3 is 1.43 bits per heavy atom. The van der Waals surface area contributed by atoms with Gasteiger partial charge < -0.3 is 31.1 Å². The standard InChI is InChI=1S/C46H92N4O4/c1-4-7-10-12-14-16-18-20-22-24-26-28-30-35-44(54-46(53)49-41-34-40-48-39-33-32-38-47-37-9-6-3)43(42-51)50-45(52)36-31-29-27-25-23-21-19-17-15-13-11-8-5-2/h30,35,43-44,47-48,51H,4-29,31-34,36-42H2,1-3H3,(H,49,53)(H,50,52)/b35-30+/t43-,44+/m0/s1. The molecule has 0 spiro atoms. The van der Waals surface area contributed by atoms with Crippen molar-refractivity contribution in [2.75, 3.05) is 39.3 Å². The Morgan fingerprint density at radius 1 is 0.519 bits per heavy atom. The smallest absolute Gasteiger partial charge is 0.407 e. The second kappa shape index (κ2) is 44.1. The summed E-state index contributed by atoms with van der Waals surface area (Å²) in [7, 11) is 0. The Labute approximate surface area is 335 Å². The summed E-state index contributed by atoms with van der Waals surface area (Å²) < 4.78 is 5.79. The number of hydrogen-bond acceptors (Lipinski definition) is 6. The van der Waals surface area contributed by atoms with E-state index in [0.29, 0.717) is 13.0 Å². The zero-order valence-corrected chi connectivity index (χ0v) is 36.1. The molecule has 0 aromatic rings. The molecule has 0 bridgehead atoms. The molecular formula is C46H92N4O4. The lowest BCUT2D eigenvalue weighted by Crippen LogP contribution is -2.48. The van der Waals surface area contributed by atoms with E-state index in [0.717, 1.165) is 77.5 Å². The molecule has 0 rings (SSSR count). The van der Waals surface area contributed by atoms with Crippen LogP contribution in [-0.2, 0) is 9.53 Å². The maximum Gasteiger partial charge on any atom is 0.407 e. The van der Waals surface area contributed by atoms with Gasteiger partial charge in [-0.3, -0.25) is 4.79 Å². The van der Waals surface area contributed by atoms with Crippen molar-refractivity contribution in [3.63, 3.8) is 0 Å². The number of hydrogen-bond donors (Lipinski definition) is 5. The van der Waals surface area contributed by atoms with Crippen LogP contribution in [0.15, 0.2) is 12.2 Å². The summed E-state index contributed by atoms with van der Waals surface area (Å²) in [4.78, 5) is 25.7. The van der Waals surface area contributed by atoms with Gasteiger partial charge in [0.25, 0.3) is 0 Å². The van der Waals surface area contributed by atoms with Crippen molar-refractivity contribution in [3.05, 3.63) is 12.2 Å². The van der Waals surface area contributed by atoms with Crippen molar-refractivity contribution in [1.29, 1.82) is 0 Å². The molecule has 320 valence electrons. The molecule has 54 heavy (non-hydrogen) atoms. The SMILES string of the molecule is CCCCCCCCCCCCC/C=C/[C@@H](OC(=O)NCCCNCCCCNCCCC)[C@H](CO)NC(=O)CCCCCCCCCCCCCCC. The summed E-state index contributed by atoms with van der Waals surface area (Å²) in [6.45, 7) is 10.9. The largest absolute Gasteiger partial charge is 0.440 e. The number of unbranched alkanes of at least 4 members (excludes halogenated alkanes) is 25. The monoisotopic (exact) mass is 765 g/mol. The molecule has 0 aliphatic carbocycles. The van der Waals surface area contributed by atoms with Gasteiger partial charge in [0.1, 0.15) is 6.10 Å². The lowest BCUT2D eigenvalue weighted by molar-refractivity contribution is -0.123. The Kier molecular flexibility index (Phi) is 42.7. The van der Waals surface area contributed by atoms with Crippen LogP contribution in [0.2, 0.25) is 0 Å². The van der Waals surface area contributed by atoms with E-state index in [1.807, 2.05) is 6.08 Å². The zero-order valence-electron chi connectivity index (χ0n) is 36.1. The van der Waals surface area contributed by atoms with Crippen LogP contribution >= 0.6 is 0 Å². The third kappa shape index (κ3) is 38.6. The number of alkyl carbamates (subject to hydrolysis) is 1. The van der Waals surface area contributed by atoms with Crippen molar-refractivity contribution in [1.82, 2.24) is 21.3 Å². The number of aliphatic hydroxyl groups is 1. The predicted octanol–water partition coefficient (Wildman–Crippen LogP) is 11.4. The highest BCUT2D eigenvalue weighted by atomic mass is 16.6. The van der Waals surface area contributed by atoms with Crippen molar-refractivity contribution in [3.8, 4) is 0 Å². The quantitative estimate of drug-likeness (QED) is 0.0312. The van der Waals surface area contributed by atoms with Gasteiger partial charge in [-0.25, -0.2) is 4.79 Å². The van der Waals surface area contributed by atoms with E-state index in [2.05, 4.69) is 48.1 Å². The van der Waals surface area contributed by atoms with Crippen LogP contribution in [-0.4, -0.2) is 68.6 Å². The van der Waals surface area contributed by atoms with E-state index >= 15 is 0 Å². The van der Waals surface area contributed by atoms with Crippen LogP contribution in [0.3, 0.4) is 0 Å². The first-order valence-corrected chi connectivity index (χ1v) is 23.5. The average molecular weight is 765 g/mol. The molecule has 0 saturated carbocycles. The van der Waals surface area contributed by atoms with Crippen molar-refractivity contribution >= 4 is 12.0 Å². The fraction of sp³-hybridized carbons (Fsp3) is 0.913. The molecule has 0 aliphatic rings. The minimum Gasteiger partial charge on any atom is -0.440 e. The number of amides is 2. The van der Waals surface area contributed by atoms with Crippen LogP contribution in [0.5, 0.6) is 0 Å². The fourth-order valence-electron chi connectivity index (χ4n) is 6.85. The second-order valence-corrected chi connectivity index (χ2v) is 15.8. The molecule has 5 N–H and O–H groups in total. The summed E-state index contributed by atoms with van der Waals surface area (Å²) in [5.74, 6) is -0.0901. The summed E-state index contributed by atoms with van der Waals surface area (Å²) in [5.41, 5.74) is 0. The third-order valence-corrected chi connectivity index (χ3v) is 10.5. The van der Waals surface area contributed by atoms with Gasteiger partial charge in [0.15, 0.2) is 0 Å². The normalized spacial score (nSPS) is 12.7. The van der Waals surface area contributed by atoms with Crippen LogP contribution < -0.4 is 21.3 Å². The molecule has 8 nitrogen and oxygen atoms in total. The number of allylic oxidation sites excluding steroid dienone is 1. The number of carbonyl (C=O) groups is 2. The Morgan fingerprint density at radius 2 is 0.944 bits per heavy atom. The van der Waals surface area contributed by atoms with Crippen molar-refractivity contribution < 1.29 is 19.4 Å². The first kappa shape index (κ1) is 52.4. The van der Waals surface area contributed by atoms with Crippen molar-refractivity contribution in [2.45, 2.75) is 232 Å². The van der Waals surface area contributed by atoms with Gasteiger partial charge in [-0.05, 0) is 77.2 Å². The van der Waals surface area contributed by atoms with Crippen LogP contribution in [0.4, 0.5) is 4.79 Å². The van der Waals surface area contributed by atoms with E-state index in [1.165, 1.54) is 141 Å². The predicted molar refractivity (Wildman–Crippen MR) is 232 cm³/mol. The molecule has 2 atom stereocenters. The molecule has 0 aromatic heterocycles. The lowest BCUT2D eigenvalue weighted by Gasteiger charge is -2.24. The first-order valence-electron chi connectivity index (χ1n) is 23.5. The highest BCUT2D eigenvalue weighted by Crippen LogP contribution is 2.15. The van der Waals surface area contributed by atoms with Crippen LogP contribution in [0, 0.1) is 0 Å². The van der Waals surface area contributed by atoms with E-state index in [9.17, 15) is 14.7 Å². The zero-order chi connectivity index (χ0) is 39.4. The average Bonchev–Trinajstić information content (AvgIpc) is 3.17. The number of nitrogens with one attached hydrogen (secondary N) is 4. The summed E-state index contributed by atoms with van der Waals surface area (Å²) in [6.07, 6.45) is 40.3. The van der Waals surface area contributed by atoms with Gasteiger partial charge >= 0.3 is 6.09 Å². The van der Waals surface area contributed by atoms with Crippen molar-refractivity contribution in [2.24, 2.45) is 0 Å².